The fourth-order valence-corrected chi connectivity index (χ4v) is 3.72. The van der Waals surface area contributed by atoms with Gasteiger partial charge in [0.05, 0.1) is 4.88 Å². The normalized spacial score (nSPS) is 10.8. The monoisotopic (exact) mass is 358 g/mol. The van der Waals surface area contributed by atoms with Crippen molar-refractivity contribution >= 4 is 34.5 Å². The third kappa shape index (κ3) is 5.16. The van der Waals surface area contributed by atoms with Gasteiger partial charge >= 0.3 is 0 Å². The predicted molar refractivity (Wildman–Crippen MR) is 106 cm³/mol. The maximum Gasteiger partial charge on any atom is 0.265 e. The van der Waals surface area contributed by atoms with Crippen molar-refractivity contribution in [3.05, 3.63) is 45.6 Å². The fraction of sp³-hybridized carbons (Fsp3) is 0.400. The van der Waals surface area contributed by atoms with E-state index >= 15 is 0 Å². The topological polar surface area (TPSA) is 58.2 Å². The van der Waals surface area contributed by atoms with Crippen LogP contribution in [-0.4, -0.2) is 11.8 Å². The number of aryl methyl sites for hydroxylation is 2. The van der Waals surface area contributed by atoms with Gasteiger partial charge in [-0.2, -0.15) is 0 Å². The SMILES string of the molecule is CCCc1sc(C(=O)Nc2cccc(NC(=O)C(C)C)c2)cc1CC. The van der Waals surface area contributed by atoms with Gasteiger partial charge in [-0.3, -0.25) is 9.59 Å². The summed E-state index contributed by atoms with van der Waals surface area (Å²) in [6.07, 6.45) is 3.03. The van der Waals surface area contributed by atoms with Crippen molar-refractivity contribution in [2.45, 2.75) is 47.0 Å². The molecule has 2 rings (SSSR count). The highest BCUT2D eigenvalue weighted by molar-refractivity contribution is 7.14. The molecule has 0 saturated heterocycles. The van der Waals surface area contributed by atoms with Crippen LogP contribution in [0.5, 0.6) is 0 Å². The standard InChI is InChI=1S/C20H26N2O2S/c1-5-8-17-14(6-2)11-18(25-17)20(24)22-16-10-7-9-15(12-16)21-19(23)13(3)4/h7,9-13H,5-6,8H2,1-4H3,(H,21,23)(H,22,24). The molecule has 0 spiro atoms. The lowest BCUT2D eigenvalue weighted by atomic mass is 10.1. The molecule has 0 saturated carbocycles. The molecule has 0 atom stereocenters. The van der Waals surface area contributed by atoms with Crippen LogP contribution in [-0.2, 0) is 17.6 Å². The molecule has 0 unspecified atom stereocenters. The van der Waals surface area contributed by atoms with E-state index in [9.17, 15) is 9.59 Å². The van der Waals surface area contributed by atoms with Gasteiger partial charge in [0.25, 0.3) is 5.91 Å². The van der Waals surface area contributed by atoms with Crippen molar-refractivity contribution in [1.82, 2.24) is 0 Å². The van der Waals surface area contributed by atoms with Crippen molar-refractivity contribution < 1.29 is 9.59 Å². The molecule has 134 valence electrons. The number of hydrogen-bond donors (Lipinski definition) is 2. The second kappa shape index (κ2) is 8.81. The molecule has 4 nitrogen and oxygen atoms in total. The van der Waals surface area contributed by atoms with Gasteiger partial charge in [0.1, 0.15) is 0 Å². The van der Waals surface area contributed by atoms with E-state index in [0.29, 0.717) is 11.4 Å². The molecular weight excluding hydrogens is 332 g/mol. The summed E-state index contributed by atoms with van der Waals surface area (Å²) in [5, 5.41) is 5.77. The Hall–Kier alpha value is -2.14. The highest BCUT2D eigenvalue weighted by atomic mass is 32.1. The number of hydrogen-bond acceptors (Lipinski definition) is 3. The van der Waals surface area contributed by atoms with Crippen molar-refractivity contribution in [1.29, 1.82) is 0 Å². The lowest BCUT2D eigenvalue weighted by molar-refractivity contribution is -0.118. The Bertz CT molecular complexity index is 750. The van der Waals surface area contributed by atoms with E-state index in [2.05, 4.69) is 24.5 Å². The average molecular weight is 359 g/mol. The minimum absolute atomic E-state index is 0.0430. The summed E-state index contributed by atoms with van der Waals surface area (Å²) in [7, 11) is 0. The van der Waals surface area contributed by atoms with E-state index in [-0.39, 0.29) is 17.7 Å². The van der Waals surface area contributed by atoms with Crippen LogP contribution in [0.1, 0.15) is 54.2 Å². The Morgan fingerprint density at radius 3 is 2.36 bits per heavy atom. The number of carbonyl (C=O) groups excluding carboxylic acids is 2. The minimum Gasteiger partial charge on any atom is -0.326 e. The number of thiophene rings is 1. The molecule has 5 heteroatoms. The lowest BCUT2D eigenvalue weighted by Crippen LogP contribution is -2.18. The van der Waals surface area contributed by atoms with Gasteiger partial charge in [-0.1, -0.05) is 40.2 Å². The fourth-order valence-electron chi connectivity index (χ4n) is 2.47. The van der Waals surface area contributed by atoms with E-state index in [1.807, 2.05) is 38.1 Å². The second-order valence-corrected chi connectivity index (χ2v) is 7.48. The zero-order valence-electron chi connectivity index (χ0n) is 15.3. The lowest BCUT2D eigenvalue weighted by Gasteiger charge is -2.10. The van der Waals surface area contributed by atoms with Crippen molar-refractivity contribution in [2.75, 3.05) is 10.6 Å². The maximum absolute atomic E-state index is 12.6. The molecule has 0 aliphatic carbocycles. The van der Waals surface area contributed by atoms with Crippen molar-refractivity contribution in [3.8, 4) is 0 Å². The van der Waals surface area contributed by atoms with Crippen molar-refractivity contribution in [3.63, 3.8) is 0 Å². The van der Waals surface area contributed by atoms with Crippen LogP contribution in [0.25, 0.3) is 0 Å². The van der Waals surface area contributed by atoms with E-state index in [1.165, 1.54) is 10.4 Å². The number of carbonyl (C=O) groups is 2. The van der Waals surface area contributed by atoms with Gasteiger partial charge in [0.2, 0.25) is 5.91 Å². The first-order valence-electron chi connectivity index (χ1n) is 8.78. The predicted octanol–water partition coefficient (Wildman–Crippen LogP) is 5.11. The number of rotatable bonds is 7. The van der Waals surface area contributed by atoms with Gasteiger partial charge in [0.15, 0.2) is 0 Å². The Morgan fingerprint density at radius 1 is 1.08 bits per heavy atom. The molecule has 1 aromatic carbocycles. The quantitative estimate of drug-likeness (QED) is 0.722. The van der Waals surface area contributed by atoms with Gasteiger partial charge in [0, 0.05) is 22.2 Å². The summed E-state index contributed by atoms with van der Waals surface area (Å²) in [6.45, 7) is 7.95. The second-order valence-electron chi connectivity index (χ2n) is 6.34. The molecule has 2 amide bonds. The Balaban J connectivity index is 2.11. The minimum atomic E-state index is -0.102. The smallest absolute Gasteiger partial charge is 0.265 e. The zero-order valence-corrected chi connectivity index (χ0v) is 16.1. The molecule has 2 aromatic rings. The highest BCUT2D eigenvalue weighted by Gasteiger charge is 2.14. The van der Waals surface area contributed by atoms with Gasteiger partial charge in [-0.05, 0) is 42.7 Å². The molecule has 0 radical (unpaired) electrons. The number of nitrogens with one attached hydrogen (secondary N) is 2. The summed E-state index contributed by atoms with van der Waals surface area (Å²) in [6, 6.07) is 9.23. The summed E-state index contributed by atoms with van der Waals surface area (Å²) in [5.41, 5.74) is 2.62. The molecule has 0 aliphatic heterocycles. The van der Waals surface area contributed by atoms with E-state index in [0.717, 1.165) is 24.1 Å². The first kappa shape index (κ1) is 19.2. The third-order valence-electron chi connectivity index (χ3n) is 3.89. The summed E-state index contributed by atoms with van der Waals surface area (Å²) < 4.78 is 0. The number of amides is 2. The summed E-state index contributed by atoms with van der Waals surface area (Å²) in [5.74, 6) is -0.235. The summed E-state index contributed by atoms with van der Waals surface area (Å²) >= 11 is 1.57. The Kier molecular flexibility index (Phi) is 6.76. The maximum atomic E-state index is 12.6. The molecule has 0 bridgehead atoms. The zero-order chi connectivity index (χ0) is 18.4. The van der Waals surface area contributed by atoms with Crippen LogP contribution in [0.4, 0.5) is 11.4 Å². The highest BCUT2D eigenvalue weighted by Crippen LogP contribution is 2.26. The van der Waals surface area contributed by atoms with Crippen LogP contribution in [0.2, 0.25) is 0 Å². The molecule has 25 heavy (non-hydrogen) atoms. The average Bonchev–Trinajstić information content (AvgIpc) is 2.98. The largest absolute Gasteiger partial charge is 0.326 e. The van der Waals surface area contributed by atoms with E-state index < -0.39 is 0 Å². The van der Waals surface area contributed by atoms with E-state index in [1.54, 1.807) is 17.4 Å². The summed E-state index contributed by atoms with van der Waals surface area (Å²) in [4.78, 5) is 26.4. The van der Waals surface area contributed by atoms with Crippen LogP contribution >= 0.6 is 11.3 Å². The number of anilines is 2. The molecule has 1 heterocycles. The number of benzene rings is 1. The van der Waals surface area contributed by atoms with Gasteiger partial charge in [-0.15, -0.1) is 11.3 Å². The van der Waals surface area contributed by atoms with Crippen LogP contribution in [0.3, 0.4) is 0 Å². The van der Waals surface area contributed by atoms with Crippen LogP contribution in [0, 0.1) is 5.92 Å². The van der Waals surface area contributed by atoms with E-state index in [4.69, 9.17) is 0 Å². The Morgan fingerprint density at radius 2 is 1.76 bits per heavy atom. The van der Waals surface area contributed by atoms with Gasteiger partial charge in [-0.25, -0.2) is 0 Å². The van der Waals surface area contributed by atoms with Crippen LogP contribution in [0.15, 0.2) is 30.3 Å². The first-order chi connectivity index (χ1) is 11.9. The molecule has 0 fully saturated rings. The van der Waals surface area contributed by atoms with Crippen molar-refractivity contribution in [2.24, 2.45) is 5.92 Å². The third-order valence-corrected chi connectivity index (χ3v) is 5.13. The van der Waals surface area contributed by atoms with Gasteiger partial charge < -0.3 is 10.6 Å². The molecule has 2 N–H and O–H groups in total. The Labute approximate surface area is 153 Å². The van der Waals surface area contributed by atoms with Crippen LogP contribution < -0.4 is 10.6 Å². The molecule has 1 aromatic heterocycles. The first-order valence-corrected chi connectivity index (χ1v) is 9.60. The molecule has 0 aliphatic rings. The molecular formula is C20H26N2O2S.